The van der Waals surface area contributed by atoms with E-state index in [1.165, 1.54) is 21.1 Å². The van der Waals surface area contributed by atoms with Gasteiger partial charge in [-0.15, -0.1) is 0 Å². The fraction of sp³-hybridized carbons (Fsp3) is 0.346. The van der Waals surface area contributed by atoms with E-state index in [9.17, 15) is 13.2 Å². The highest BCUT2D eigenvalue weighted by Gasteiger charge is 2.29. The molecule has 0 atom stereocenters. The van der Waals surface area contributed by atoms with Gasteiger partial charge >= 0.3 is 0 Å². The summed E-state index contributed by atoms with van der Waals surface area (Å²) in [6, 6.07) is 19.1. The van der Waals surface area contributed by atoms with E-state index in [2.05, 4.69) is 36.9 Å². The Balaban J connectivity index is 1.44. The quantitative estimate of drug-likeness (QED) is 0.555. The van der Waals surface area contributed by atoms with Gasteiger partial charge < -0.3 is 9.80 Å². The summed E-state index contributed by atoms with van der Waals surface area (Å²) in [7, 11) is -3.77. The summed E-state index contributed by atoms with van der Waals surface area (Å²) in [5.74, 6) is -0.151. The Morgan fingerprint density at radius 1 is 0.909 bits per heavy atom. The zero-order chi connectivity index (χ0) is 23.6. The molecule has 3 aromatic carbocycles. The molecule has 0 aliphatic carbocycles. The first kappa shape index (κ1) is 23.3. The number of benzene rings is 3. The van der Waals surface area contributed by atoms with Crippen LogP contribution in [-0.2, 0) is 14.8 Å². The minimum absolute atomic E-state index is 0.144. The molecule has 174 valence electrons. The minimum atomic E-state index is -3.77. The average Bonchev–Trinajstić information content (AvgIpc) is 2.83. The molecule has 0 N–H and O–H groups in total. The lowest BCUT2D eigenvalue weighted by atomic mass is 10.1. The van der Waals surface area contributed by atoms with E-state index in [4.69, 9.17) is 0 Å². The molecule has 0 unspecified atom stereocenters. The van der Waals surface area contributed by atoms with E-state index in [0.29, 0.717) is 13.1 Å². The topological polar surface area (TPSA) is 60.9 Å². The van der Waals surface area contributed by atoms with Crippen LogP contribution in [0, 0.1) is 13.8 Å². The lowest BCUT2D eigenvalue weighted by Crippen LogP contribution is -2.52. The van der Waals surface area contributed by atoms with Crippen LogP contribution in [0.15, 0.2) is 65.6 Å². The van der Waals surface area contributed by atoms with Crippen molar-refractivity contribution in [1.82, 2.24) is 9.21 Å². The summed E-state index contributed by atoms with van der Waals surface area (Å²) in [4.78, 5) is 17.3. The number of aryl methyl sites for hydroxylation is 1. The molecule has 6 nitrogen and oxygen atoms in total. The van der Waals surface area contributed by atoms with Crippen LogP contribution < -0.4 is 4.90 Å². The van der Waals surface area contributed by atoms with Crippen LogP contribution in [-0.4, -0.2) is 62.8 Å². The van der Waals surface area contributed by atoms with E-state index in [0.717, 1.165) is 23.9 Å². The number of nitrogens with zero attached hydrogens (tertiary/aromatic N) is 3. The molecule has 0 radical (unpaired) electrons. The lowest BCUT2D eigenvalue weighted by molar-refractivity contribution is -0.131. The molecule has 3 aromatic rings. The van der Waals surface area contributed by atoms with Gasteiger partial charge in [0, 0.05) is 38.4 Å². The number of anilines is 1. The van der Waals surface area contributed by atoms with E-state index >= 15 is 0 Å². The number of carbonyl (C=O) groups excluding carboxylic acids is 1. The number of sulfonamides is 1. The van der Waals surface area contributed by atoms with Crippen molar-refractivity contribution in [3.8, 4) is 0 Å². The fourth-order valence-corrected chi connectivity index (χ4v) is 5.80. The highest BCUT2D eigenvalue weighted by atomic mass is 32.2. The van der Waals surface area contributed by atoms with E-state index in [-0.39, 0.29) is 23.9 Å². The molecule has 1 amide bonds. The molecular formula is C26H31N3O3S. The molecule has 1 fully saturated rings. The van der Waals surface area contributed by atoms with Crippen LogP contribution in [0.3, 0.4) is 0 Å². The summed E-state index contributed by atoms with van der Waals surface area (Å²) in [6.07, 6.45) is 0. The number of fused-ring (bicyclic) bond motifs is 1. The van der Waals surface area contributed by atoms with Crippen molar-refractivity contribution in [2.75, 3.05) is 44.2 Å². The van der Waals surface area contributed by atoms with Crippen LogP contribution in [0.25, 0.3) is 10.8 Å². The molecule has 1 aliphatic heterocycles. The van der Waals surface area contributed by atoms with Crippen LogP contribution in [0.1, 0.15) is 18.1 Å². The van der Waals surface area contributed by atoms with Gasteiger partial charge in [0.25, 0.3) is 0 Å². The zero-order valence-corrected chi connectivity index (χ0v) is 20.3. The summed E-state index contributed by atoms with van der Waals surface area (Å²) < 4.78 is 27.8. The Labute approximate surface area is 196 Å². The van der Waals surface area contributed by atoms with Gasteiger partial charge in [-0.25, -0.2) is 8.42 Å². The highest BCUT2D eigenvalue weighted by Crippen LogP contribution is 2.25. The van der Waals surface area contributed by atoms with Crippen molar-refractivity contribution in [1.29, 1.82) is 0 Å². The third-order valence-electron chi connectivity index (χ3n) is 6.57. The summed E-state index contributed by atoms with van der Waals surface area (Å²) in [6.45, 7) is 8.73. The van der Waals surface area contributed by atoms with Crippen molar-refractivity contribution in [3.63, 3.8) is 0 Å². The molecule has 33 heavy (non-hydrogen) atoms. The maximum Gasteiger partial charge on any atom is 0.243 e. The molecule has 0 saturated carbocycles. The number of amides is 1. The number of rotatable bonds is 6. The number of likely N-dealkylation sites (N-methyl/N-ethyl adjacent to an activating group) is 1. The third kappa shape index (κ3) is 4.75. The van der Waals surface area contributed by atoms with Gasteiger partial charge in [0.15, 0.2) is 0 Å². The largest absolute Gasteiger partial charge is 0.368 e. The first-order valence-electron chi connectivity index (χ1n) is 11.4. The van der Waals surface area contributed by atoms with Gasteiger partial charge in [0.05, 0.1) is 11.4 Å². The number of piperazine rings is 1. The first-order valence-corrected chi connectivity index (χ1v) is 12.8. The Kier molecular flexibility index (Phi) is 6.72. The predicted octanol–water partition coefficient (Wildman–Crippen LogP) is 3.82. The molecule has 0 bridgehead atoms. The second-order valence-electron chi connectivity index (χ2n) is 8.53. The molecule has 1 heterocycles. The number of hydrogen-bond acceptors (Lipinski definition) is 4. The summed E-state index contributed by atoms with van der Waals surface area (Å²) in [5, 5.41) is 1.85. The second-order valence-corrected chi connectivity index (χ2v) is 10.5. The number of carbonyl (C=O) groups is 1. The van der Waals surface area contributed by atoms with Gasteiger partial charge in [-0.1, -0.05) is 49.4 Å². The standard InChI is InChI=1S/C26H31N3O3S/c1-4-29(33(31,32)24-13-12-22-9-5-6-10-23(22)18-24)19-26(30)28-16-14-27(15-17-28)25-11-7-8-20(2)21(25)3/h5-13,18H,4,14-17,19H2,1-3H3. The minimum Gasteiger partial charge on any atom is -0.368 e. The van der Waals surface area contributed by atoms with Gasteiger partial charge in [0.1, 0.15) is 0 Å². The molecule has 4 rings (SSSR count). The van der Waals surface area contributed by atoms with Gasteiger partial charge in [0.2, 0.25) is 15.9 Å². The predicted molar refractivity (Wildman–Crippen MR) is 133 cm³/mol. The Hall–Kier alpha value is -2.90. The molecular weight excluding hydrogens is 434 g/mol. The fourth-order valence-electron chi connectivity index (χ4n) is 4.37. The van der Waals surface area contributed by atoms with Crippen molar-refractivity contribution in [3.05, 3.63) is 71.8 Å². The van der Waals surface area contributed by atoms with Crippen LogP contribution in [0.5, 0.6) is 0 Å². The summed E-state index contributed by atoms with van der Waals surface area (Å²) in [5.41, 5.74) is 3.72. The molecule has 1 saturated heterocycles. The van der Waals surface area contributed by atoms with Crippen molar-refractivity contribution >= 4 is 32.4 Å². The Bertz CT molecular complexity index is 1260. The molecule has 0 spiro atoms. The lowest BCUT2D eigenvalue weighted by Gasteiger charge is -2.37. The second kappa shape index (κ2) is 9.53. The van der Waals surface area contributed by atoms with E-state index < -0.39 is 10.0 Å². The Morgan fingerprint density at radius 3 is 2.30 bits per heavy atom. The van der Waals surface area contributed by atoms with Crippen LogP contribution in [0.4, 0.5) is 5.69 Å². The van der Waals surface area contributed by atoms with Crippen LogP contribution >= 0.6 is 0 Å². The zero-order valence-electron chi connectivity index (χ0n) is 19.5. The van der Waals surface area contributed by atoms with Gasteiger partial charge in [-0.05, 0) is 53.9 Å². The highest BCUT2D eigenvalue weighted by molar-refractivity contribution is 7.89. The maximum atomic E-state index is 13.3. The monoisotopic (exact) mass is 465 g/mol. The molecule has 1 aliphatic rings. The van der Waals surface area contributed by atoms with Crippen molar-refractivity contribution < 1.29 is 13.2 Å². The van der Waals surface area contributed by atoms with E-state index in [1.807, 2.05) is 30.3 Å². The van der Waals surface area contributed by atoms with E-state index in [1.54, 1.807) is 24.0 Å². The van der Waals surface area contributed by atoms with Crippen molar-refractivity contribution in [2.24, 2.45) is 0 Å². The maximum absolute atomic E-state index is 13.3. The smallest absolute Gasteiger partial charge is 0.243 e. The van der Waals surface area contributed by atoms with Crippen LogP contribution in [0.2, 0.25) is 0 Å². The Morgan fingerprint density at radius 2 is 1.61 bits per heavy atom. The normalized spacial score (nSPS) is 14.8. The SMILES string of the molecule is CCN(CC(=O)N1CCN(c2cccc(C)c2C)CC1)S(=O)(=O)c1ccc2ccccc2c1. The third-order valence-corrected chi connectivity index (χ3v) is 8.49. The van der Waals surface area contributed by atoms with Gasteiger partial charge in [-0.2, -0.15) is 4.31 Å². The molecule has 7 heteroatoms. The van der Waals surface area contributed by atoms with Crippen molar-refractivity contribution in [2.45, 2.75) is 25.7 Å². The molecule has 0 aromatic heterocycles. The van der Waals surface area contributed by atoms with Gasteiger partial charge in [-0.3, -0.25) is 4.79 Å². The first-order chi connectivity index (χ1) is 15.8. The number of hydrogen-bond donors (Lipinski definition) is 0. The summed E-state index contributed by atoms with van der Waals surface area (Å²) >= 11 is 0. The average molecular weight is 466 g/mol.